The van der Waals surface area contributed by atoms with E-state index in [2.05, 4.69) is 10.3 Å². The van der Waals surface area contributed by atoms with Gasteiger partial charge >= 0.3 is 5.97 Å². The number of carbonyl (C=O) groups excluding carboxylic acids is 2. The Kier molecular flexibility index (Phi) is 5.34. The van der Waals surface area contributed by atoms with Gasteiger partial charge in [0.05, 0.1) is 29.1 Å². The third kappa shape index (κ3) is 3.62. The van der Waals surface area contributed by atoms with Crippen LogP contribution in [0.2, 0.25) is 0 Å². The lowest BCUT2D eigenvalue weighted by atomic mass is 10.1. The van der Waals surface area contributed by atoms with Crippen LogP contribution in [0, 0.1) is 27.7 Å². The molecular formula is C19H22N2O3. The summed E-state index contributed by atoms with van der Waals surface area (Å²) in [5.74, 6) is -0.758. The number of esters is 1. The molecule has 1 aromatic carbocycles. The Balaban J connectivity index is 2.39. The van der Waals surface area contributed by atoms with Crippen LogP contribution in [0.25, 0.3) is 0 Å². The molecule has 0 atom stereocenters. The first-order chi connectivity index (χ1) is 11.3. The van der Waals surface area contributed by atoms with Crippen molar-refractivity contribution in [2.75, 3.05) is 11.9 Å². The number of carbonyl (C=O) groups is 2. The highest BCUT2D eigenvalue weighted by molar-refractivity contribution is 6.07. The first kappa shape index (κ1) is 17.7. The van der Waals surface area contributed by atoms with Crippen LogP contribution in [0.4, 0.5) is 5.69 Å². The number of para-hydroxylation sites is 1. The van der Waals surface area contributed by atoms with Crippen molar-refractivity contribution in [3.05, 3.63) is 57.9 Å². The van der Waals surface area contributed by atoms with Crippen molar-refractivity contribution in [1.82, 2.24) is 4.98 Å². The maximum absolute atomic E-state index is 12.7. The standard InChI is InChI=1S/C19H22N2O3/c1-6-24-19(23)16-10-15(13(4)20-14(16)5)18(22)21-17-11(2)8-7-9-12(17)3/h7-10H,6H2,1-5H3,(H,21,22). The summed E-state index contributed by atoms with van der Waals surface area (Å²) < 4.78 is 5.03. The van der Waals surface area contributed by atoms with E-state index >= 15 is 0 Å². The van der Waals surface area contributed by atoms with Crippen molar-refractivity contribution in [2.45, 2.75) is 34.6 Å². The molecule has 0 saturated carbocycles. The largest absolute Gasteiger partial charge is 0.462 e. The zero-order valence-corrected chi connectivity index (χ0v) is 14.7. The van der Waals surface area contributed by atoms with Crippen molar-refractivity contribution in [1.29, 1.82) is 0 Å². The molecule has 2 rings (SSSR count). The summed E-state index contributed by atoms with van der Waals surface area (Å²) in [6.07, 6.45) is 0. The average Bonchev–Trinajstić information content (AvgIpc) is 2.51. The minimum atomic E-state index is -0.469. The van der Waals surface area contributed by atoms with E-state index in [4.69, 9.17) is 4.74 Å². The minimum Gasteiger partial charge on any atom is -0.462 e. The fourth-order valence-corrected chi connectivity index (χ4v) is 2.56. The summed E-state index contributed by atoms with van der Waals surface area (Å²) in [5.41, 5.74) is 4.54. The van der Waals surface area contributed by atoms with Crippen molar-refractivity contribution >= 4 is 17.6 Å². The Labute approximate surface area is 142 Å². The molecule has 1 N–H and O–H groups in total. The van der Waals surface area contributed by atoms with Gasteiger partial charge in [0.2, 0.25) is 0 Å². The Morgan fingerprint density at radius 2 is 1.62 bits per heavy atom. The molecule has 1 heterocycles. The molecule has 126 valence electrons. The van der Waals surface area contributed by atoms with Gasteiger partial charge in [-0.25, -0.2) is 4.79 Å². The van der Waals surface area contributed by atoms with Crippen LogP contribution in [0.1, 0.15) is 50.2 Å². The van der Waals surface area contributed by atoms with Crippen molar-refractivity contribution in [3.63, 3.8) is 0 Å². The third-order valence-corrected chi connectivity index (χ3v) is 3.86. The van der Waals surface area contributed by atoms with Gasteiger partial charge in [0, 0.05) is 5.69 Å². The number of aryl methyl sites for hydroxylation is 4. The number of hydrogen-bond acceptors (Lipinski definition) is 4. The molecular weight excluding hydrogens is 304 g/mol. The summed E-state index contributed by atoms with van der Waals surface area (Å²) in [6, 6.07) is 7.37. The van der Waals surface area contributed by atoms with Crippen LogP contribution < -0.4 is 5.32 Å². The predicted molar refractivity (Wildman–Crippen MR) is 93.5 cm³/mol. The van der Waals surface area contributed by atoms with Gasteiger partial charge in [0.15, 0.2) is 0 Å². The molecule has 2 aromatic rings. The summed E-state index contributed by atoms with van der Waals surface area (Å²) in [6.45, 7) is 9.37. The number of anilines is 1. The highest BCUT2D eigenvalue weighted by atomic mass is 16.5. The van der Waals surface area contributed by atoms with Gasteiger partial charge in [-0.1, -0.05) is 18.2 Å². The number of pyridine rings is 1. The van der Waals surface area contributed by atoms with Gasteiger partial charge in [0.1, 0.15) is 0 Å². The van der Waals surface area contributed by atoms with Gasteiger partial charge < -0.3 is 10.1 Å². The lowest BCUT2D eigenvalue weighted by Gasteiger charge is -2.14. The topological polar surface area (TPSA) is 68.3 Å². The highest BCUT2D eigenvalue weighted by Gasteiger charge is 2.19. The van der Waals surface area contributed by atoms with Gasteiger partial charge in [-0.3, -0.25) is 9.78 Å². The Morgan fingerprint density at radius 3 is 2.21 bits per heavy atom. The van der Waals surface area contributed by atoms with Crippen molar-refractivity contribution < 1.29 is 14.3 Å². The van der Waals surface area contributed by atoms with Gasteiger partial charge in [-0.05, 0) is 51.8 Å². The number of nitrogens with zero attached hydrogens (tertiary/aromatic N) is 1. The van der Waals surface area contributed by atoms with E-state index in [0.717, 1.165) is 16.8 Å². The number of ether oxygens (including phenoxy) is 1. The van der Waals surface area contributed by atoms with E-state index in [-0.39, 0.29) is 12.5 Å². The molecule has 0 unspecified atom stereocenters. The van der Waals surface area contributed by atoms with Crippen LogP contribution in [0.3, 0.4) is 0 Å². The summed E-state index contributed by atoms with van der Waals surface area (Å²) in [5, 5.41) is 2.92. The lowest BCUT2D eigenvalue weighted by molar-refractivity contribution is 0.0525. The summed E-state index contributed by atoms with van der Waals surface area (Å²) in [4.78, 5) is 29.0. The Bertz CT molecular complexity index is 777. The maximum atomic E-state index is 12.7. The molecule has 5 nitrogen and oxygen atoms in total. The zero-order chi connectivity index (χ0) is 17.9. The second-order valence-corrected chi connectivity index (χ2v) is 5.70. The average molecular weight is 326 g/mol. The number of hydrogen-bond donors (Lipinski definition) is 1. The van der Waals surface area contributed by atoms with E-state index in [9.17, 15) is 9.59 Å². The van der Waals surface area contributed by atoms with E-state index in [1.807, 2.05) is 32.0 Å². The first-order valence-electron chi connectivity index (χ1n) is 7.88. The Morgan fingerprint density at radius 1 is 1.04 bits per heavy atom. The second kappa shape index (κ2) is 7.25. The van der Waals surface area contributed by atoms with Gasteiger partial charge in [-0.15, -0.1) is 0 Å². The van der Waals surface area contributed by atoms with Crippen molar-refractivity contribution in [3.8, 4) is 0 Å². The molecule has 0 aliphatic rings. The number of rotatable bonds is 4. The molecule has 0 spiro atoms. The number of aromatic nitrogens is 1. The van der Waals surface area contributed by atoms with E-state index in [0.29, 0.717) is 22.5 Å². The molecule has 1 aromatic heterocycles. The maximum Gasteiger partial charge on any atom is 0.339 e. The van der Waals surface area contributed by atoms with E-state index in [1.54, 1.807) is 26.8 Å². The smallest absolute Gasteiger partial charge is 0.339 e. The molecule has 1 amide bonds. The monoisotopic (exact) mass is 326 g/mol. The fourth-order valence-electron chi connectivity index (χ4n) is 2.56. The van der Waals surface area contributed by atoms with Crippen LogP contribution >= 0.6 is 0 Å². The van der Waals surface area contributed by atoms with E-state index in [1.165, 1.54) is 0 Å². The predicted octanol–water partition coefficient (Wildman–Crippen LogP) is 3.74. The molecule has 5 heteroatoms. The first-order valence-corrected chi connectivity index (χ1v) is 7.88. The normalized spacial score (nSPS) is 10.4. The SMILES string of the molecule is CCOC(=O)c1cc(C(=O)Nc2c(C)cccc2C)c(C)nc1C. The molecule has 0 fully saturated rings. The zero-order valence-electron chi connectivity index (χ0n) is 14.7. The third-order valence-electron chi connectivity index (χ3n) is 3.86. The Hall–Kier alpha value is -2.69. The van der Waals surface area contributed by atoms with Crippen LogP contribution in [0.15, 0.2) is 24.3 Å². The number of nitrogens with one attached hydrogen (secondary N) is 1. The number of amides is 1. The molecule has 0 saturated heterocycles. The number of benzene rings is 1. The molecule has 0 bridgehead atoms. The van der Waals surface area contributed by atoms with Crippen molar-refractivity contribution in [2.24, 2.45) is 0 Å². The summed E-state index contributed by atoms with van der Waals surface area (Å²) in [7, 11) is 0. The second-order valence-electron chi connectivity index (χ2n) is 5.70. The lowest BCUT2D eigenvalue weighted by Crippen LogP contribution is -2.18. The minimum absolute atomic E-state index is 0.274. The quantitative estimate of drug-likeness (QED) is 0.869. The van der Waals surface area contributed by atoms with E-state index < -0.39 is 5.97 Å². The van der Waals surface area contributed by atoms with Gasteiger partial charge in [0.25, 0.3) is 5.91 Å². The fraction of sp³-hybridized carbons (Fsp3) is 0.316. The molecule has 0 aliphatic carbocycles. The molecule has 0 radical (unpaired) electrons. The highest BCUT2D eigenvalue weighted by Crippen LogP contribution is 2.21. The molecule has 24 heavy (non-hydrogen) atoms. The van der Waals surface area contributed by atoms with Crippen LogP contribution in [-0.4, -0.2) is 23.5 Å². The van der Waals surface area contributed by atoms with Crippen LogP contribution in [0.5, 0.6) is 0 Å². The van der Waals surface area contributed by atoms with Gasteiger partial charge in [-0.2, -0.15) is 0 Å². The summed E-state index contributed by atoms with van der Waals surface area (Å²) >= 11 is 0. The molecule has 0 aliphatic heterocycles. The van der Waals surface area contributed by atoms with Crippen LogP contribution in [-0.2, 0) is 4.74 Å².